The largest absolute Gasteiger partial charge is 0.473 e. The second-order valence-corrected chi connectivity index (χ2v) is 6.13. The Balaban J connectivity index is 1.57. The van der Waals surface area contributed by atoms with Crippen LogP contribution in [0, 0.1) is 6.92 Å². The molecular weight excluding hydrogens is 354 g/mol. The minimum atomic E-state index is -0.366. The monoisotopic (exact) mass is 375 g/mol. The zero-order valence-electron chi connectivity index (χ0n) is 15.4. The van der Waals surface area contributed by atoms with Gasteiger partial charge in [-0.25, -0.2) is 4.79 Å². The Bertz CT molecular complexity index is 941. The molecular formula is C22H21N3O3. The van der Waals surface area contributed by atoms with Crippen molar-refractivity contribution in [3.63, 3.8) is 0 Å². The number of benzene rings is 3. The van der Waals surface area contributed by atoms with E-state index in [1.807, 2.05) is 55.5 Å². The zero-order chi connectivity index (χ0) is 19.8. The van der Waals surface area contributed by atoms with E-state index >= 15 is 0 Å². The first-order valence-corrected chi connectivity index (χ1v) is 8.79. The van der Waals surface area contributed by atoms with Crippen LogP contribution in [0.5, 0.6) is 5.75 Å². The van der Waals surface area contributed by atoms with Crippen LogP contribution in [0.15, 0.2) is 72.8 Å². The molecule has 0 spiro atoms. The van der Waals surface area contributed by atoms with Crippen LogP contribution >= 0.6 is 0 Å². The summed E-state index contributed by atoms with van der Waals surface area (Å²) in [6.45, 7) is 2.28. The van der Waals surface area contributed by atoms with Gasteiger partial charge in [0.1, 0.15) is 12.0 Å². The van der Waals surface area contributed by atoms with E-state index in [0.717, 1.165) is 23.3 Å². The summed E-state index contributed by atoms with van der Waals surface area (Å²) in [6.07, 6.45) is 0.756. The molecule has 3 aromatic carbocycles. The van der Waals surface area contributed by atoms with E-state index in [2.05, 4.69) is 16.0 Å². The van der Waals surface area contributed by atoms with Crippen molar-refractivity contribution in [2.45, 2.75) is 6.92 Å². The average molecular weight is 375 g/mol. The SMILES string of the molecule is Cc1ccc(NC(=O)Nc2ccc(C=O)cc2)cc1NCOc1ccccc1. The molecule has 142 valence electrons. The third-order valence-electron chi connectivity index (χ3n) is 4.04. The number of aryl methyl sites for hydroxylation is 1. The Labute approximate surface area is 163 Å². The lowest BCUT2D eigenvalue weighted by atomic mass is 10.2. The maximum atomic E-state index is 12.2. The molecule has 0 saturated heterocycles. The Kier molecular flexibility index (Phi) is 6.25. The number of aldehydes is 1. The lowest BCUT2D eigenvalue weighted by Crippen LogP contribution is -2.19. The Morgan fingerprint density at radius 3 is 2.32 bits per heavy atom. The van der Waals surface area contributed by atoms with Crippen molar-refractivity contribution >= 4 is 29.4 Å². The number of hydrogen-bond acceptors (Lipinski definition) is 4. The first kappa shape index (κ1) is 19.0. The van der Waals surface area contributed by atoms with Gasteiger partial charge in [0.2, 0.25) is 0 Å². The van der Waals surface area contributed by atoms with E-state index in [0.29, 0.717) is 23.7 Å². The molecule has 0 aliphatic heterocycles. The number of para-hydroxylation sites is 1. The summed E-state index contributed by atoms with van der Waals surface area (Å²) in [5.74, 6) is 0.780. The van der Waals surface area contributed by atoms with Crippen LogP contribution in [0.25, 0.3) is 0 Å². The number of amides is 2. The van der Waals surface area contributed by atoms with Crippen molar-refractivity contribution in [1.29, 1.82) is 0 Å². The molecule has 0 heterocycles. The number of carbonyl (C=O) groups excluding carboxylic acids is 2. The predicted octanol–water partition coefficient (Wildman–Crippen LogP) is 4.90. The molecule has 0 aliphatic rings. The van der Waals surface area contributed by atoms with Crippen molar-refractivity contribution < 1.29 is 14.3 Å². The normalized spacial score (nSPS) is 10.0. The number of rotatable bonds is 7. The van der Waals surface area contributed by atoms with Gasteiger partial charge in [0.05, 0.1) is 0 Å². The van der Waals surface area contributed by atoms with Gasteiger partial charge in [0.15, 0.2) is 6.73 Å². The van der Waals surface area contributed by atoms with Gasteiger partial charge in [-0.05, 0) is 61.0 Å². The quantitative estimate of drug-likeness (QED) is 0.405. The molecule has 0 aromatic heterocycles. The van der Waals surface area contributed by atoms with Gasteiger partial charge in [-0.1, -0.05) is 24.3 Å². The van der Waals surface area contributed by atoms with Crippen molar-refractivity contribution in [1.82, 2.24) is 0 Å². The standard InChI is InChI=1S/C22H21N3O3/c1-16-7-10-19(13-21(16)23-15-28-20-5-3-2-4-6-20)25-22(27)24-18-11-8-17(14-26)9-12-18/h2-14,23H,15H2,1H3,(H2,24,25,27). The van der Waals surface area contributed by atoms with Gasteiger partial charge in [0.25, 0.3) is 0 Å². The van der Waals surface area contributed by atoms with Crippen molar-refractivity contribution in [2.75, 3.05) is 22.7 Å². The maximum Gasteiger partial charge on any atom is 0.323 e. The van der Waals surface area contributed by atoms with Gasteiger partial charge in [-0.2, -0.15) is 0 Å². The highest BCUT2D eigenvalue weighted by Gasteiger charge is 2.06. The van der Waals surface area contributed by atoms with E-state index in [-0.39, 0.29) is 6.03 Å². The fourth-order valence-electron chi connectivity index (χ4n) is 2.54. The molecule has 6 nitrogen and oxygen atoms in total. The molecule has 0 bridgehead atoms. The highest BCUT2D eigenvalue weighted by Crippen LogP contribution is 2.21. The fourth-order valence-corrected chi connectivity index (χ4v) is 2.54. The summed E-state index contributed by atoms with van der Waals surface area (Å²) < 4.78 is 5.65. The van der Waals surface area contributed by atoms with Crippen LogP contribution in [-0.4, -0.2) is 19.0 Å². The lowest BCUT2D eigenvalue weighted by Gasteiger charge is -2.14. The number of ether oxygens (including phenoxy) is 1. The van der Waals surface area contributed by atoms with Gasteiger partial charge in [0, 0.05) is 22.6 Å². The van der Waals surface area contributed by atoms with E-state index in [1.165, 1.54) is 0 Å². The van der Waals surface area contributed by atoms with Crippen LogP contribution in [0.3, 0.4) is 0 Å². The van der Waals surface area contributed by atoms with Crippen molar-refractivity contribution in [3.8, 4) is 5.75 Å². The van der Waals surface area contributed by atoms with Crippen LogP contribution in [0.4, 0.5) is 21.9 Å². The van der Waals surface area contributed by atoms with Gasteiger partial charge >= 0.3 is 6.03 Å². The topological polar surface area (TPSA) is 79.5 Å². The summed E-state index contributed by atoms with van der Waals surface area (Å²) in [7, 11) is 0. The molecule has 2 amide bonds. The van der Waals surface area contributed by atoms with Crippen LogP contribution in [0.1, 0.15) is 15.9 Å². The Hall–Kier alpha value is -3.80. The molecule has 3 aromatic rings. The fraction of sp³-hybridized carbons (Fsp3) is 0.0909. The minimum Gasteiger partial charge on any atom is -0.473 e. The smallest absolute Gasteiger partial charge is 0.323 e. The van der Waals surface area contributed by atoms with Crippen molar-refractivity contribution in [2.24, 2.45) is 0 Å². The molecule has 0 unspecified atom stereocenters. The zero-order valence-corrected chi connectivity index (χ0v) is 15.4. The molecule has 6 heteroatoms. The van der Waals surface area contributed by atoms with E-state index in [1.54, 1.807) is 24.3 Å². The van der Waals surface area contributed by atoms with E-state index < -0.39 is 0 Å². The molecule has 0 fully saturated rings. The number of nitrogens with one attached hydrogen (secondary N) is 3. The van der Waals surface area contributed by atoms with Crippen LogP contribution in [-0.2, 0) is 0 Å². The molecule has 3 rings (SSSR count). The van der Waals surface area contributed by atoms with E-state index in [9.17, 15) is 9.59 Å². The van der Waals surface area contributed by atoms with Gasteiger partial charge < -0.3 is 20.7 Å². The highest BCUT2D eigenvalue weighted by molar-refractivity contribution is 6.00. The number of anilines is 3. The lowest BCUT2D eigenvalue weighted by molar-refractivity contribution is 0.112. The summed E-state index contributed by atoms with van der Waals surface area (Å²) >= 11 is 0. The third kappa shape index (κ3) is 5.35. The average Bonchev–Trinajstić information content (AvgIpc) is 2.71. The Morgan fingerprint density at radius 1 is 0.929 bits per heavy atom. The summed E-state index contributed by atoms with van der Waals surface area (Å²) in [5, 5.41) is 8.73. The van der Waals surface area contributed by atoms with Crippen LogP contribution < -0.4 is 20.7 Å². The van der Waals surface area contributed by atoms with Crippen molar-refractivity contribution in [3.05, 3.63) is 83.9 Å². The third-order valence-corrected chi connectivity index (χ3v) is 4.04. The summed E-state index contributed by atoms with van der Waals surface area (Å²) in [4.78, 5) is 22.9. The van der Waals surface area contributed by atoms with E-state index in [4.69, 9.17) is 4.74 Å². The molecule has 0 aliphatic carbocycles. The Morgan fingerprint density at radius 2 is 1.61 bits per heavy atom. The number of hydrogen-bond donors (Lipinski definition) is 3. The molecule has 28 heavy (non-hydrogen) atoms. The summed E-state index contributed by atoms with van der Waals surface area (Å²) in [6, 6.07) is 21.4. The minimum absolute atomic E-state index is 0.309. The van der Waals surface area contributed by atoms with Gasteiger partial charge in [-0.15, -0.1) is 0 Å². The first-order chi connectivity index (χ1) is 13.6. The van der Waals surface area contributed by atoms with Crippen LogP contribution in [0.2, 0.25) is 0 Å². The highest BCUT2D eigenvalue weighted by atomic mass is 16.5. The molecule has 3 N–H and O–H groups in total. The second kappa shape index (κ2) is 9.23. The molecule has 0 radical (unpaired) electrons. The molecule has 0 atom stereocenters. The maximum absolute atomic E-state index is 12.2. The first-order valence-electron chi connectivity index (χ1n) is 8.79. The number of urea groups is 1. The summed E-state index contributed by atoms with van der Waals surface area (Å²) in [5.41, 5.74) is 3.70. The van der Waals surface area contributed by atoms with Gasteiger partial charge in [-0.3, -0.25) is 4.79 Å². The number of carbonyl (C=O) groups is 2. The second-order valence-electron chi connectivity index (χ2n) is 6.13. The predicted molar refractivity (Wildman–Crippen MR) is 111 cm³/mol. The molecule has 0 saturated carbocycles.